The van der Waals surface area contributed by atoms with Gasteiger partial charge in [0.1, 0.15) is 0 Å². The fourth-order valence-corrected chi connectivity index (χ4v) is 3.60. The molecule has 2 atom stereocenters. The van der Waals surface area contributed by atoms with E-state index >= 15 is 0 Å². The molecule has 2 aliphatic heterocycles. The molecule has 2 bridgehead atoms. The standard InChI is InChI=1S/C14H16BrN3O/c1-18-12-3-14(9-16,4-13(18)8-19-7-12)10-2-11(15)6-17-5-10/h2,5-6,12-13H,3-4,7-8H2,1H3. The number of nitrogens with zero attached hydrogens (tertiary/aromatic N) is 3. The molecule has 0 aliphatic carbocycles. The van der Waals surface area contributed by atoms with E-state index in [-0.39, 0.29) is 0 Å². The first-order chi connectivity index (χ1) is 9.14. The summed E-state index contributed by atoms with van der Waals surface area (Å²) < 4.78 is 6.56. The van der Waals surface area contributed by atoms with Crippen LogP contribution in [0.3, 0.4) is 0 Å². The summed E-state index contributed by atoms with van der Waals surface area (Å²) in [5.74, 6) is 0. The van der Waals surface area contributed by atoms with E-state index in [1.807, 2.05) is 12.3 Å². The van der Waals surface area contributed by atoms with Crippen molar-refractivity contribution in [3.05, 3.63) is 28.5 Å². The van der Waals surface area contributed by atoms with Gasteiger partial charge in [-0.3, -0.25) is 9.88 Å². The summed E-state index contributed by atoms with van der Waals surface area (Å²) in [5, 5.41) is 9.77. The number of aromatic nitrogens is 1. The molecule has 100 valence electrons. The van der Waals surface area contributed by atoms with Gasteiger partial charge in [0, 0.05) is 29.0 Å². The maximum Gasteiger partial charge on any atom is 0.0869 e. The number of fused-ring (bicyclic) bond motifs is 2. The van der Waals surface area contributed by atoms with E-state index < -0.39 is 5.41 Å². The Morgan fingerprint density at radius 2 is 2.11 bits per heavy atom. The summed E-state index contributed by atoms with van der Waals surface area (Å²) in [5.41, 5.74) is 0.594. The molecular weight excluding hydrogens is 306 g/mol. The number of halogens is 1. The third-order valence-electron chi connectivity index (χ3n) is 4.41. The van der Waals surface area contributed by atoms with E-state index in [0.29, 0.717) is 12.1 Å². The molecule has 3 heterocycles. The van der Waals surface area contributed by atoms with Crippen LogP contribution in [-0.4, -0.2) is 42.2 Å². The van der Waals surface area contributed by atoms with Crippen molar-refractivity contribution >= 4 is 15.9 Å². The van der Waals surface area contributed by atoms with Gasteiger partial charge in [-0.1, -0.05) is 0 Å². The van der Waals surface area contributed by atoms with Crippen LogP contribution in [0.4, 0.5) is 0 Å². The van der Waals surface area contributed by atoms with Gasteiger partial charge in [-0.2, -0.15) is 5.26 Å². The summed E-state index contributed by atoms with van der Waals surface area (Å²) in [6.07, 6.45) is 5.21. The summed E-state index contributed by atoms with van der Waals surface area (Å²) in [6.45, 7) is 1.44. The van der Waals surface area contributed by atoms with Gasteiger partial charge in [-0.15, -0.1) is 0 Å². The number of pyridine rings is 1. The Labute approximate surface area is 121 Å². The van der Waals surface area contributed by atoms with Crippen LogP contribution in [0.1, 0.15) is 18.4 Å². The van der Waals surface area contributed by atoms with Crippen LogP contribution in [0.5, 0.6) is 0 Å². The average molecular weight is 322 g/mol. The number of piperidine rings is 1. The molecule has 3 rings (SSSR count). The zero-order valence-electron chi connectivity index (χ0n) is 10.8. The number of rotatable bonds is 1. The zero-order chi connectivity index (χ0) is 13.5. The molecule has 0 saturated carbocycles. The fourth-order valence-electron chi connectivity index (χ4n) is 3.23. The van der Waals surface area contributed by atoms with Crippen LogP contribution in [0.25, 0.3) is 0 Å². The van der Waals surface area contributed by atoms with E-state index in [1.165, 1.54) is 0 Å². The Bertz CT molecular complexity index is 514. The molecule has 2 unspecified atom stereocenters. The van der Waals surface area contributed by atoms with Crippen molar-refractivity contribution in [3.63, 3.8) is 0 Å². The van der Waals surface area contributed by atoms with Crippen molar-refractivity contribution in [3.8, 4) is 6.07 Å². The molecule has 2 aliphatic rings. The maximum atomic E-state index is 9.77. The quantitative estimate of drug-likeness (QED) is 0.794. The minimum atomic E-state index is -0.428. The van der Waals surface area contributed by atoms with Gasteiger partial charge >= 0.3 is 0 Å². The van der Waals surface area contributed by atoms with E-state index in [2.05, 4.69) is 38.9 Å². The topological polar surface area (TPSA) is 49.1 Å². The summed E-state index contributed by atoms with van der Waals surface area (Å²) in [7, 11) is 2.14. The highest BCUT2D eigenvalue weighted by atomic mass is 79.9. The molecule has 0 N–H and O–H groups in total. The molecule has 1 aromatic rings. The van der Waals surface area contributed by atoms with Crippen molar-refractivity contribution < 1.29 is 4.74 Å². The Morgan fingerprint density at radius 3 is 2.68 bits per heavy atom. The van der Waals surface area contributed by atoms with Crippen LogP contribution in [0.15, 0.2) is 22.9 Å². The van der Waals surface area contributed by atoms with Crippen LogP contribution >= 0.6 is 15.9 Å². The lowest BCUT2D eigenvalue weighted by atomic mass is 9.69. The summed E-state index contributed by atoms with van der Waals surface area (Å²) in [6, 6.07) is 5.24. The molecule has 0 radical (unpaired) electrons. The van der Waals surface area contributed by atoms with Gasteiger partial charge in [0.25, 0.3) is 0 Å². The smallest absolute Gasteiger partial charge is 0.0869 e. The molecule has 0 aromatic carbocycles. The first-order valence-electron chi connectivity index (χ1n) is 6.46. The van der Waals surface area contributed by atoms with Crippen LogP contribution in [0.2, 0.25) is 0 Å². The molecular formula is C14H16BrN3O. The molecule has 19 heavy (non-hydrogen) atoms. The second-order valence-electron chi connectivity index (χ2n) is 5.50. The number of likely N-dealkylation sites (N-methyl/N-ethyl adjacent to an activating group) is 1. The first kappa shape index (κ1) is 13.0. The zero-order valence-corrected chi connectivity index (χ0v) is 12.4. The number of morpholine rings is 1. The lowest BCUT2D eigenvalue weighted by Gasteiger charge is -2.49. The monoisotopic (exact) mass is 321 g/mol. The Morgan fingerprint density at radius 1 is 1.42 bits per heavy atom. The minimum absolute atomic E-state index is 0.325. The molecule has 1 aromatic heterocycles. The first-order valence-corrected chi connectivity index (χ1v) is 7.26. The largest absolute Gasteiger partial charge is 0.378 e. The lowest BCUT2D eigenvalue weighted by Crippen LogP contribution is -2.58. The molecule has 0 spiro atoms. The minimum Gasteiger partial charge on any atom is -0.378 e. The Balaban J connectivity index is 1.99. The predicted octanol–water partition coefficient (Wildman–Crippen LogP) is 2.10. The molecule has 2 fully saturated rings. The van der Waals surface area contributed by atoms with Crippen molar-refractivity contribution in [2.45, 2.75) is 30.3 Å². The van der Waals surface area contributed by atoms with Crippen molar-refractivity contribution in [1.82, 2.24) is 9.88 Å². The molecule has 4 nitrogen and oxygen atoms in total. The highest BCUT2D eigenvalue weighted by molar-refractivity contribution is 9.10. The predicted molar refractivity (Wildman–Crippen MR) is 74.6 cm³/mol. The van der Waals surface area contributed by atoms with Crippen LogP contribution < -0.4 is 0 Å². The van der Waals surface area contributed by atoms with E-state index in [0.717, 1.165) is 36.1 Å². The lowest BCUT2D eigenvalue weighted by molar-refractivity contribution is -0.0743. The van der Waals surface area contributed by atoms with Crippen molar-refractivity contribution in [2.24, 2.45) is 0 Å². The van der Waals surface area contributed by atoms with Gasteiger partial charge in [0.15, 0.2) is 0 Å². The second-order valence-corrected chi connectivity index (χ2v) is 6.42. The molecule has 5 heteroatoms. The van der Waals surface area contributed by atoms with E-state index in [9.17, 15) is 5.26 Å². The normalized spacial score (nSPS) is 34.8. The highest BCUT2D eigenvalue weighted by Gasteiger charge is 2.47. The third kappa shape index (κ3) is 2.18. The molecule has 0 amide bonds. The highest BCUT2D eigenvalue weighted by Crippen LogP contribution is 2.42. The Hall–Kier alpha value is -0.960. The fraction of sp³-hybridized carbons (Fsp3) is 0.571. The molecule has 2 saturated heterocycles. The van der Waals surface area contributed by atoms with Gasteiger partial charge < -0.3 is 4.74 Å². The van der Waals surface area contributed by atoms with Gasteiger partial charge in [0.2, 0.25) is 0 Å². The maximum absolute atomic E-state index is 9.77. The number of nitriles is 1. The second kappa shape index (κ2) is 4.86. The average Bonchev–Trinajstić information content (AvgIpc) is 2.39. The van der Waals surface area contributed by atoms with E-state index in [1.54, 1.807) is 6.20 Å². The Kier molecular flexibility index (Phi) is 3.34. The van der Waals surface area contributed by atoms with Crippen LogP contribution in [-0.2, 0) is 10.2 Å². The SMILES string of the molecule is CN1C2COCC1CC(C#N)(c1cncc(Br)c1)C2. The number of hydrogen-bond donors (Lipinski definition) is 0. The third-order valence-corrected chi connectivity index (χ3v) is 4.85. The van der Waals surface area contributed by atoms with Gasteiger partial charge in [-0.25, -0.2) is 0 Å². The number of hydrogen-bond acceptors (Lipinski definition) is 4. The van der Waals surface area contributed by atoms with E-state index in [4.69, 9.17) is 4.74 Å². The van der Waals surface area contributed by atoms with Crippen molar-refractivity contribution in [1.29, 1.82) is 5.26 Å². The van der Waals surface area contributed by atoms with Gasteiger partial charge in [-0.05, 0) is 47.4 Å². The van der Waals surface area contributed by atoms with Gasteiger partial charge in [0.05, 0.1) is 24.7 Å². The summed E-state index contributed by atoms with van der Waals surface area (Å²) in [4.78, 5) is 6.59. The van der Waals surface area contributed by atoms with Crippen LogP contribution in [0, 0.1) is 11.3 Å². The summed E-state index contributed by atoms with van der Waals surface area (Å²) >= 11 is 3.45. The van der Waals surface area contributed by atoms with Crippen molar-refractivity contribution in [2.75, 3.05) is 20.3 Å². The number of ether oxygens (including phenoxy) is 1.